The van der Waals surface area contributed by atoms with E-state index in [1.807, 2.05) is 27.9 Å². The van der Waals surface area contributed by atoms with Crippen LogP contribution in [0.5, 0.6) is 0 Å². The van der Waals surface area contributed by atoms with Crippen LogP contribution in [0.25, 0.3) is 0 Å². The predicted molar refractivity (Wildman–Crippen MR) is 61.7 cm³/mol. The van der Waals surface area contributed by atoms with Crippen LogP contribution in [0.15, 0.2) is 31.1 Å². The molecule has 16 heavy (non-hydrogen) atoms. The molecule has 2 unspecified atom stereocenters. The number of carbonyl (C=O) groups excluding carboxylic acids is 1. The molecular formula is C12H17N3O. The maximum Gasteiger partial charge on any atom is 0.223 e. The first-order chi connectivity index (χ1) is 7.70. The highest BCUT2D eigenvalue weighted by atomic mass is 16.2. The maximum absolute atomic E-state index is 11.8. The summed E-state index contributed by atoms with van der Waals surface area (Å²) in [5.74, 6) is 0.539. The van der Waals surface area contributed by atoms with Crippen LogP contribution in [0.4, 0.5) is 0 Å². The molecular weight excluding hydrogens is 202 g/mol. The second-order valence-corrected chi connectivity index (χ2v) is 4.32. The summed E-state index contributed by atoms with van der Waals surface area (Å²) in [5, 5.41) is 4.15. The second kappa shape index (κ2) is 4.51. The first-order valence-corrected chi connectivity index (χ1v) is 5.60. The summed E-state index contributed by atoms with van der Waals surface area (Å²) in [4.78, 5) is 13.7. The van der Waals surface area contributed by atoms with Gasteiger partial charge >= 0.3 is 0 Å². The molecule has 1 aliphatic rings. The molecule has 2 heterocycles. The number of likely N-dealkylation sites (tertiary alicyclic amines) is 1. The van der Waals surface area contributed by atoms with E-state index in [0.29, 0.717) is 12.3 Å². The Balaban J connectivity index is 1.97. The van der Waals surface area contributed by atoms with E-state index in [2.05, 4.69) is 18.6 Å². The van der Waals surface area contributed by atoms with E-state index in [0.717, 1.165) is 13.1 Å². The number of hydrogen-bond donors (Lipinski definition) is 0. The Bertz CT molecular complexity index is 372. The molecule has 0 spiro atoms. The summed E-state index contributed by atoms with van der Waals surface area (Å²) in [5.41, 5.74) is 0. The van der Waals surface area contributed by atoms with Crippen molar-refractivity contribution in [3.63, 3.8) is 0 Å². The monoisotopic (exact) mass is 219 g/mol. The largest absolute Gasteiger partial charge is 0.338 e. The molecule has 1 saturated heterocycles. The standard InChI is InChI=1S/C12H17N3O/c1-3-11-7-12(16)15(9-11)10(2)8-14-6-4-5-13-14/h3-6,10-11H,1,7-9H2,2H3. The molecule has 86 valence electrons. The van der Waals surface area contributed by atoms with E-state index in [9.17, 15) is 4.79 Å². The molecule has 0 aromatic carbocycles. The topological polar surface area (TPSA) is 38.1 Å². The lowest BCUT2D eigenvalue weighted by molar-refractivity contribution is -0.129. The summed E-state index contributed by atoms with van der Waals surface area (Å²) in [6.07, 6.45) is 6.15. The van der Waals surface area contributed by atoms with Gasteiger partial charge in [-0.05, 0) is 13.0 Å². The van der Waals surface area contributed by atoms with Gasteiger partial charge in [-0.2, -0.15) is 5.10 Å². The number of amides is 1. The van der Waals surface area contributed by atoms with Crippen LogP contribution in [-0.4, -0.2) is 33.2 Å². The third-order valence-electron chi connectivity index (χ3n) is 3.06. The number of rotatable bonds is 4. The lowest BCUT2D eigenvalue weighted by Gasteiger charge is -2.24. The van der Waals surface area contributed by atoms with E-state index < -0.39 is 0 Å². The van der Waals surface area contributed by atoms with Gasteiger partial charge in [0.2, 0.25) is 5.91 Å². The lowest BCUT2D eigenvalue weighted by atomic mass is 10.1. The Morgan fingerprint density at radius 1 is 1.75 bits per heavy atom. The maximum atomic E-state index is 11.8. The highest BCUT2D eigenvalue weighted by Crippen LogP contribution is 2.21. The first kappa shape index (κ1) is 10.9. The molecule has 0 N–H and O–H groups in total. The van der Waals surface area contributed by atoms with Crippen molar-refractivity contribution in [1.82, 2.24) is 14.7 Å². The molecule has 0 bridgehead atoms. The van der Waals surface area contributed by atoms with E-state index in [1.165, 1.54) is 0 Å². The fraction of sp³-hybridized carbons (Fsp3) is 0.500. The first-order valence-electron chi connectivity index (χ1n) is 5.60. The smallest absolute Gasteiger partial charge is 0.223 e. The molecule has 4 heteroatoms. The summed E-state index contributed by atoms with van der Waals surface area (Å²) >= 11 is 0. The quantitative estimate of drug-likeness (QED) is 0.716. The Morgan fingerprint density at radius 2 is 2.56 bits per heavy atom. The third kappa shape index (κ3) is 2.15. The minimum atomic E-state index is 0.192. The molecule has 0 aliphatic carbocycles. The van der Waals surface area contributed by atoms with Crippen LogP contribution in [0.1, 0.15) is 13.3 Å². The van der Waals surface area contributed by atoms with Gasteiger partial charge in [-0.1, -0.05) is 6.08 Å². The number of carbonyl (C=O) groups is 1. The van der Waals surface area contributed by atoms with Crippen LogP contribution in [0, 0.1) is 5.92 Å². The number of aromatic nitrogens is 2. The van der Waals surface area contributed by atoms with Gasteiger partial charge in [0.1, 0.15) is 0 Å². The van der Waals surface area contributed by atoms with E-state index >= 15 is 0 Å². The van der Waals surface area contributed by atoms with Crippen LogP contribution >= 0.6 is 0 Å². The lowest BCUT2D eigenvalue weighted by Crippen LogP contribution is -2.37. The summed E-state index contributed by atoms with van der Waals surface area (Å²) in [6, 6.07) is 2.09. The molecule has 0 radical (unpaired) electrons. The molecule has 1 aromatic rings. The van der Waals surface area contributed by atoms with Crippen molar-refractivity contribution in [2.75, 3.05) is 6.54 Å². The molecule has 4 nitrogen and oxygen atoms in total. The van der Waals surface area contributed by atoms with Gasteiger partial charge in [-0.15, -0.1) is 6.58 Å². The Morgan fingerprint density at radius 3 is 3.12 bits per heavy atom. The van der Waals surface area contributed by atoms with Crippen molar-refractivity contribution < 1.29 is 4.79 Å². The van der Waals surface area contributed by atoms with Gasteiger partial charge < -0.3 is 4.90 Å². The molecule has 1 amide bonds. The highest BCUT2D eigenvalue weighted by Gasteiger charge is 2.30. The van der Waals surface area contributed by atoms with Crippen LogP contribution in [-0.2, 0) is 11.3 Å². The molecule has 2 atom stereocenters. The summed E-state index contributed by atoms with van der Waals surface area (Å²) < 4.78 is 1.86. The Hall–Kier alpha value is -1.58. The van der Waals surface area contributed by atoms with E-state index in [4.69, 9.17) is 0 Å². The zero-order valence-corrected chi connectivity index (χ0v) is 9.54. The van der Waals surface area contributed by atoms with Gasteiger partial charge in [0.25, 0.3) is 0 Å². The van der Waals surface area contributed by atoms with Crippen molar-refractivity contribution in [3.8, 4) is 0 Å². The van der Waals surface area contributed by atoms with Crippen molar-refractivity contribution in [1.29, 1.82) is 0 Å². The number of nitrogens with zero attached hydrogens (tertiary/aromatic N) is 3. The molecule has 0 saturated carbocycles. The van der Waals surface area contributed by atoms with Gasteiger partial charge in [-0.3, -0.25) is 9.48 Å². The van der Waals surface area contributed by atoms with Gasteiger partial charge in [-0.25, -0.2) is 0 Å². The fourth-order valence-corrected chi connectivity index (χ4v) is 2.12. The highest BCUT2D eigenvalue weighted by molar-refractivity contribution is 5.79. The Kier molecular flexibility index (Phi) is 3.08. The number of hydrogen-bond acceptors (Lipinski definition) is 2. The minimum Gasteiger partial charge on any atom is -0.338 e. The normalized spacial score (nSPS) is 22.4. The summed E-state index contributed by atoms with van der Waals surface area (Å²) in [6.45, 7) is 7.36. The summed E-state index contributed by atoms with van der Waals surface area (Å²) in [7, 11) is 0. The van der Waals surface area contributed by atoms with E-state index in [1.54, 1.807) is 6.20 Å². The molecule has 1 fully saturated rings. The van der Waals surface area contributed by atoms with Crippen molar-refractivity contribution in [2.24, 2.45) is 5.92 Å². The van der Waals surface area contributed by atoms with Crippen LogP contribution < -0.4 is 0 Å². The van der Waals surface area contributed by atoms with Gasteiger partial charge in [0.15, 0.2) is 0 Å². The second-order valence-electron chi connectivity index (χ2n) is 4.32. The fourth-order valence-electron chi connectivity index (χ4n) is 2.12. The molecule has 1 aliphatic heterocycles. The zero-order chi connectivity index (χ0) is 11.5. The van der Waals surface area contributed by atoms with Gasteiger partial charge in [0, 0.05) is 37.3 Å². The van der Waals surface area contributed by atoms with Crippen molar-refractivity contribution in [2.45, 2.75) is 25.9 Å². The molecule has 1 aromatic heterocycles. The minimum absolute atomic E-state index is 0.192. The van der Waals surface area contributed by atoms with Gasteiger partial charge in [0.05, 0.1) is 6.54 Å². The van der Waals surface area contributed by atoms with Crippen molar-refractivity contribution in [3.05, 3.63) is 31.1 Å². The predicted octanol–water partition coefficient (Wildman–Crippen LogP) is 1.31. The van der Waals surface area contributed by atoms with E-state index in [-0.39, 0.29) is 11.9 Å². The molecule has 2 rings (SSSR count). The average molecular weight is 219 g/mol. The SMILES string of the molecule is C=CC1CC(=O)N(C(C)Cn2cccn2)C1. The van der Waals surface area contributed by atoms with Crippen LogP contribution in [0.2, 0.25) is 0 Å². The average Bonchev–Trinajstić information content (AvgIpc) is 2.87. The van der Waals surface area contributed by atoms with Crippen molar-refractivity contribution >= 4 is 5.91 Å². The Labute approximate surface area is 95.5 Å². The third-order valence-corrected chi connectivity index (χ3v) is 3.06. The van der Waals surface area contributed by atoms with Crippen LogP contribution in [0.3, 0.4) is 0 Å². The zero-order valence-electron chi connectivity index (χ0n) is 9.54.